The fourth-order valence-electron chi connectivity index (χ4n) is 3.01. The van der Waals surface area contributed by atoms with Gasteiger partial charge in [0.15, 0.2) is 11.6 Å². The maximum atomic E-state index is 14.0. The smallest absolute Gasteiger partial charge is 0.254 e. The van der Waals surface area contributed by atoms with Crippen LogP contribution in [0.2, 0.25) is 0 Å². The molecule has 1 aliphatic heterocycles. The van der Waals surface area contributed by atoms with Gasteiger partial charge in [-0.05, 0) is 48.4 Å². The monoisotopic (exact) mass is 356 g/mol. The van der Waals surface area contributed by atoms with Crippen LogP contribution in [0.5, 0.6) is 0 Å². The average molecular weight is 356 g/mol. The zero-order chi connectivity index (χ0) is 18.8. The molecule has 0 atom stereocenters. The summed E-state index contributed by atoms with van der Waals surface area (Å²) in [5.41, 5.74) is 2.02. The van der Waals surface area contributed by atoms with E-state index >= 15 is 0 Å². The van der Waals surface area contributed by atoms with Crippen LogP contribution in [-0.4, -0.2) is 30.3 Å². The Hall–Kier alpha value is -3.02. The van der Waals surface area contributed by atoms with Crippen molar-refractivity contribution in [3.63, 3.8) is 0 Å². The van der Waals surface area contributed by atoms with Crippen molar-refractivity contribution >= 4 is 17.5 Å². The number of halogens is 2. The molecule has 2 aromatic carbocycles. The predicted octanol–water partition coefficient (Wildman–Crippen LogP) is 3.31. The minimum Gasteiger partial charge on any atom is -0.334 e. The van der Waals surface area contributed by atoms with Crippen molar-refractivity contribution in [2.45, 2.75) is 13.0 Å². The van der Waals surface area contributed by atoms with Crippen LogP contribution in [0, 0.1) is 11.6 Å². The number of anilines is 1. The number of hydrogen-bond acceptors (Lipinski definition) is 2. The first kappa shape index (κ1) is 17.8. The highest BCUT2D eigenvalue weighted by molar-refractivity contribution is 6.01. The van der Waals surface area contributed by atoms with E-state index in [1.165, 1.54) is 15.9 Å². The van der Waals surface area contributed by atoms with Gasteiger partial charge in [0.1, 0.15) is 0 Å². The number of likely N-dealkylation sites (N-methyl/N-ethyl adjacent to an activating group) is 1. The van der Waals surface area contributed by atoms with Gasteiger partial charge >= 0.3 is 0 Å². The molecular formula is C20H18F2N2O2. The maximum absolute atomic E-state index is 14.0. The second-order valence-corrected chi connectivity index (χ2v) is 6.12. The van der Waals surface area contributed by atoms with E-state index < -0.39 is 11.6 Å². The topological polar surface area (TPSA) is 40.6 Å². The fraction of sp³-hybridized carbons (Fsp3) is 0.200. The van der Waals surface area contributed by atoms with Crippen LogP contribution >= 0.6 is 0 Å². The SMILES string of the molecule is C=CC(=O)N(C)c1ccc(C(=O)N2CCc3ccc(F)c(F)c3C2)cc1. The Balaban J connectivity index is 1.79. The van der Waals surface area contributed by atoms with E-state index in [-0.39, 0.29) is 23.9 Å². The van der Waals surface area contributed by atoms with Crippen LogP contribution in [0.15, 0.2) is 49.1 Å². The molecule has 2 aromatic rings. The average Bonchev–Trinajstić information content (AvgIpc) is 2.69. The van der Waals surface area contributed by atoms with Crippen LogP contribution in [0.1, 0.15) is 21.5 Å². The lowest BCUT2D eigenvalue weighted by Gasteiger charge is -2.29. The van der Waals surface area contributed by atoms with Gasteiger partial charge in [0, 0.05) is 37.0 Å². The summed E-state index contributed by atoms with van der Waals surface area (Å²) in [5, 5.41) is 0. The summed E-state index contributed by atoms with van der Waals surface area (Å²) in [4.78, 5) is 27.2. The van der Waals surface area contributed by atoms with Gasteiger partial charge in [-0.2, -0.15) is 0 Å². The number of nitrogens with zero attached hydrogens (tertiary/aromatic N) is 2. The Kier molecular flexibility index (Phi) is 4.84. The molecule has 0 aliphatic carbocycles. The van der Waals surface area contributed by atoms with Crippen molar-refractivity contribution in [1.29, 1.82) is 0 Å². The van der Waals surface area contributed by atoms with Crippen LogP contribution in [0.4, 0.5) is 14.5 Å². The molecule has 0 aromatic heterocycles. The van der Waals surface area contributed by atoms with Gasteiger partial charge in [0.2, 0.25) is 5.91 Å². The maximum Gasteiger partial charge on any atom is 0.254 e. The molecule has 0 N–H and O–H groups in total. The molecule has 3 rings (SSSR count). The third-order valence-electron chi connectivity index (χ3n) is 4.59. The quantitative estimate of drug-likeness (QED) is 0.792. The molecule has 0 spiro atoms. The normalized spacial score (nSPS) is 13.1. The lowest BCUT2D eigenvalue weighted by Crippen LogP contribution is -2.36. The Morgan fingerprint density at radius 2 is 1.85 bits per heavy atom. The van der Waals surface area contributed by atoms with E-state index in [2.05, 4.69) is 6.58 Å². The zero-order valence-electron chi connectivity index (χ0n) is 14.3. The second-order valence-electron chi connectivity index (χ2n) is 6.12. The molecule has 4 nitrogen and oxygen atoms in total. The van der Waals surface area contributed by atoms with Crippen molar-refractivity contribution in [2.75, 3.05) is 18.5 Å². The van der Waals surface area contributed by atoms with Crippen molar-refractivity contribution < 1.29 is 18.4 Å². The summed E-state index contributed by atoms with van der Waals surface area (Å²) in [5.74, 6) is -2.31. The summed E-state index contributed by atoms with van der Waals surface area (Å²) in [6.45, 7) is 3.91. The van der Waals surface area contributed by atoms with Crippen molar-refractivity contribution in [2.24, 2.45) is 0 Å². The molecule has 0 fully saturated rings. The molecule has 0 saturated carbocycles. The van der Waals surface area contributed by atoms with Crippen LogP contribution < -0.4 is 4.90 Å². The lowest BCUT2D eigenvalue weighted by atomic mass is 9.98. The molecule has 0 bridgehead atoms. The van der Waals surface area contributed by atoms with E-state index in [9.17, 15) is 18.4 Å². The van der Waals surface area contributed by atoms with E-state index in [1.807, 2.05) is 0 Å². The Morgan fingerprint density at radius 3 is 2.50 bits per heavy atom. The number of fused-ring (bicyclic) bond motifs is 1. The molecule has 0 saturated heterocycles. The van der Waals surface area contributed by atoms with Crippen LogP contribution in [-0.2, 0) is 17.8 Å². The number of carbonyl (C=O) groups excluding carboxylic acids is 2. The first-order valence-corrected chi connectivity index (χ1v) is 8.17. The Morgan fingerprint density at radius 1 is 1.15 bits per heavy atom. The van der Waals surface area contributed by atoms with Crippen LogP contribution in [0.3, 0.4) is 0 Å². The molecule has 0 radical (unpaired) electrons. The largest absolute Gasteiger partial charge is 0.334 e. The first-order chi connectivity index (χ1) is 12.4. The van der Waals surface area contributed by atoms with Gasteiger partial charge in [-0.15, -0.1) is 0 Å². The van der Waals surface area contributed by atoms with Crippen molar-refractivity contribution in [3.8, 4) is 0 Å². The number of rotatable bonds is 3. The Bertz CT molecular complexity index is 878. The second kappa shape index (κ2) is 7.07. The van der Waals surface area contributed by atoms with E-state index in [4.69, 9.17) is 0 Å². The number of amides is 2. The highest BCUT2D eigenvalue weighted by atomic mass is 19.2. The summed E-state index contributed by atoms with van der Waals surface area (Å²) in [6, 6.07) is 9.23. The minimum absolute atomic E-state index is 0.0361. The summed E-state index contributed by atoms with van der Waals surface area (Å²) < 4.78 is 27.5. The van der Waals surface area contributed by atoms with Crippen molar-refractivity contribution in [3.05, 3.63) is 77.4 Å². The van der Waals surface area contributed by atoms with Gasteiger partial charge in [0.25, 0.3) is 5.91 Å². The molecule has 0 unspecified atom stereocenters. The highest BCUT2D eigenvalue weighted by Gasteiger charge is 2.25. The molecule has 2 amide bonds. The Labute approximate surface area is 150 Å². The van der Waals surface area contributed by atoms with Crippen molar-refractivity contribution in [1.82, 2.24) is 4.90 Å². The van der Waals surface area contributed by atoms with Gasteiger partial charge in [-0.25, -0.2) is 8.78 Å². The summed E-state index contributed by atoms with van der Waals surface area (Å²) >= 11 is 0. The summed E-state index contributed by atoms with van der Waals surface area (Å²) in [7, 11) is 1.61. The first-order valence-electron chi connectivity index (χ1n) is 8.17. The third-order valence-corrected chi connectivity index (χ3v) is 4.59. The third kappa shape index (κ3) is 3.22. The minimum atomic E-state index is -0.905. The molecule has 134 valence electrons. The molecular weight excluding hydrogens is 338 g/mol. The van der Waals surface area contributed by atoms with Gasteiger partial charge in [-0.1, -0.05) is 12.6 Å². The predicted molar refractivity (Wildman–Crippen MR) is 94.9 cm³/mol. The summed E-state index contributed by atoms with van der Waals surface area (Å²) in [6.07, 6.45) is 1.69. The standard InChI is InChI=1S/C20H18F2N2O2/c1-3-18(25)23(2)15-7-4-14(5-8-15)20(26)24-11-10-13-6-9-17(21)19(22)16(13)12-24/h3-9H,1,10-12H2,2H3. The molecule has 26 heavy (non-hydrogen) atoms. The van der Waals surface area contributed by atoms with E-state index in [1.54, 1.807) is 37.4 Å². The molecule has 1 aliphatic rings. The van der Waals surface area contributed by atoms with Gasteiger partial charge in [0.05, 0.1) is 0 Å². The van der Waals surface area contributed by atoms with Gasteiger partial charge < -0.3 is 9.80 Å². The highest BCUT2D eigenvalue weighted by Crippen LogP contribution is 2.25. The van der Waals surface area contributed by atoms with E-state index in [0.29, 0.717) is 24.2 Å². The molecule has 1 heterocycles. The molecule has 6 heteroatoms. The lowest BCUT2D eigenvalue weighted by molar-refractivity contribution is -0.113. The van der Waals surface area contributed by atoms with E-state index in [0.717, 1.165) is 11.6 Å². The number of hydrogen-bond donors (Lipinski definition) is 0. The zero-order valence-corrected chi connectivity index (χ0v) is 14.3. The fourth-order valence-corrected chi connectivity index (χ4v) is 3.01. The number of carbonyl (C=O) groups is 2. The van der Waals surface area contributed by atoms with Gasteiger partial charge in [-0.3, -0.25) is 9.59 Å². The van der Waals surface area contributed by atoms with Crippen LogP contribution in [0.25, 0.3) is 0 Å². The number of benzene rings is 2.